The number of hydrogen-bond acceptors (Lipinski definition) is 5. The van der Waals surface area contributed by atoms with Gasteiger partial charge in [0.25, 0.3) is 11.8 Å². The number of nitrogens with zero attached hydrogens (tertiary/aromatic N) is 1. The molecule has 0 radical (unpaired) electrons. The third-order valence-electron chi connectivity index (χ3n) is 7.67. The summed E-state index contributed by atoms with van der Waals surface area (Å²) in [7, 11) is 0. The zero-order valence-electron chi connectivity index (χ0n) is 20.6. The molecule has 3 N–H and O–H groups in total. The van der Waals surface area contributed by atoms with Gasteiger partial charge < -0.3 is 10.1 Å². The van der Waals surface area contributed by atoms with E-state index in [9.17, 15) is 14.4 Å². The van der Waals surface area contributed by atoms with Crippen molar-refractivity contribution in [2.45, 2.75) is 70.3 Å². The largest absolute Gasteiger partial charge is 0.444 e. The van der Waals surface area contributed by atoms with E-state index in [1.807, 2.05) is 24.3 Å². The standard InChI is InChI=1S/C27H34N4O4/c1-26(2,3)35-25(34)28-15-23(32)30-31-24(33)22-11-20(19-6-4-5-7-21(19)29-22)27-12-16-8-17(13-27)10-18(9-16)14-27/h4-7,11,16-18H,8-10,12-15H2,1-3H3,(H,28,34)(H,30,32)(H,31,33). The van der Waals surface area contributed by atoms with Crippen LogP contribution in [0.3, 0.4) is 0 Å². The van der Waals surface area contributed by atoms with Crippen molar-refractivity contribution >= 4 is 28.8 Å². The Labute approximate surface area is 205 Å². The first-order chi connectivity index (χ1) is 16.6. The molecule has 4 bridgehead atoms. The Hall–Kier alpha value is -3.16. The minimum atomic E-state index is -0.699. The van der Waals surface area contributed by atoms with Gasteiger partial charge in [0.05, 0.1) is 5.52 Å². The van der Waals surface area contributed by atoms with Crippen molar-refractivity contribution in [3.05, 3.63) is 41.6 Å². The van der Waals surface area contributed by atoms with E-state index in [0.29, 0.717) is 0 Å². The van der Waals surface area contributed by atoms with Gasteiger partial charge in [-0.3, -0.25) is 20.4 Å². The van der Waals surface area contributed by atoms with Crippen LogP contribution in [0.4, 0.5) is 4.79 Å². The Morgan fingerprint density at radius 1 is 1.00 bits per heavy atom. The van der Waals surface area contributed by atoms with Crippen molar-refractivity contribution < 1.29 is 19.1 Å². The van der Waals surface area contributed by atoms with Crippen LogP contribution in [0.5, 0.6) is 0 Å². The quantitative estimate of drug-likeness (QED) is 0.576. The van der Waals surface area contributed by atoms with Crippen LogP contribution in [0.2, 0.25) is 0 Å². The molecule has 4 aliphatic carbocycles. The highest BCUT2D eigenvalue weighted by molar-refractivity contribution is 5.97. The first kappa shape index (κ1) is 23.6. The number of para-hydroxylation sites is 1. The van der Waals surface area contributed by atoms with Crippen molar-refractivity contribution in [2.24, 2.45) is 17.8 Å². The highest BCUT2D eigenvalue weighted by Crippen LogP contribution is 2.61. The molecule has 4 saturated carbocycles. The van der Waals surface area contributed by atoms with Crippen LogP contribution in [0, 0.1) is 17.8 Å². The first-order valence-corrected chi connectivity index (χ1v) is 12.6. The third-order valence-corrected chi connectivity index (χ3v) is 7.67. The second kappa shape index (κ2) is 8.81. The molecule has 4 aliphatic rings. The number of hydrogen-bond donors (Lipinski definition) is 3. The van der Waals surface area contributed by atoms with Gasteiger partial charge in [-0.15, -0.1) is 0 Å². The molecule has 6 rings (SSSR count). The van der Waals surface area contributed by atoms with Crippen LogP contribution in [0.15, 0.2) is 30.3 Å². The molecule has 8 nitrogen and oxygen atoms in total. The Morgan fingerprint density at radius 2 is 1.63 bits per heavy atom. The van der Waals surface area contributed by atoms with Crippen molar-refractivity contribution in [3.63, 3.8) is 0 Å². The van der Waals surface area contributed by atoms with E-state index in [1.54, 1.807) is 20.8 Å². The topological polar surface area (TPSA) is 109 Å². The third kappa shape index (κ3) is 4.97. The lowest BCUT2D eigenvalue weighted by Gasteiger charge is -2.57. The summed E-state index contributed by atoms with van der Waals surface area (Å²) < 4.78 is 5.11. The summed E-state index contributed by atoms with van der Waals surface area (Å²) in [5, 5.41) is 3.49. The average Bonchev–Trinajstić information content (AvgIpc) is 2.78. The Bertz CT molecular complexity index is 1130. The first-order valence-electron chi connectivity index (χ1n) is 12.6. The molecule has 1 aromatic carbocycles. The van der Waals surface area contributed by atoms with Gasteiger partial charge in [-0.1, -0.05) is 18.2 Å². The van der Waals surface area contributed by atoms with Gasteiger partial charge in [0.15, 0.2) is 0 Å². The second-order valence-electron chi connectivity index (χ2n) is 11.6. The molecule has 0 spiro atoms. The van der Waals surface area contributed by atoms with Crippen LogP contribution in [0.1, 0.15) is 75.3 Å². The summed E-state index contributed by atoms with van der Waals surface area (Å²) in [5.41, 5.74) is 6.55. The fourth-order valence-corrected chi connectivity index (χ4v) is 6.87. The molecular weight excluding hydrogens is 444 g/mol. The van der Waals surface area contributed by atoms with Gasteiger partial charge >= 0.3 is 6.09 Å². The van der Waals surface area contributed by atoms with Gasteiger partial charge in [-0.05, 0) is 100 Å². The van der Waals surface area contributed by atoms with E-state index in [0.717, 1.165) is 28.7 Å². The van der Waals surface area contributed by atoms with Crippen molar-refractivity contribution in [1.29, 1.82) is 0 Å². The van der Waals surface area contributed by atoms with E-state index in [1.165, 1.54) is 44.1 Å². The Balaban J connectivity index is 1.31. The number of alkyl carbamates (subject to hydrolysis) is 1. The number of rotatable bonds is 4. The average molecular weight is 479 g/mol. The minimum Gasteiger partial charge on any atom is -0.444 e. The highest BCUT2D eigenvalue weighted by Gasteiger charge is 2.52. The van der Waals surface area contributed by atoms with Crippen LogP contribution in [-0.2, 0) is 14.9 Å². The number of carbonyl (C=O) groups is 3. The highest BCUT2D eigenvalue weighted by atomic mass is 16.6. The predicted octanol–water partition coefficient (Wildman–Crippen LogP) is 3.99. The number of ether oxygens (including phenoxy) is 1. The van der Waals surface area contributed by atoms with E-state index < -0.39 is 23.5 Å². The molecular formula is C27H34N4O4. The smallest absolute Gasteiger partial charge is 0.408 e. The summed E-state index contributed by atoms with van der Waals surface area (Å²) in [6.07, 6.45) is 6.88. The number of benzene rings is 1. The van der Waals surface area contributed by atoms with E-state index in [4.69, 9.17) is 4.74 Å². The molecule has 186 valence electrons. The monoisotopic (exact) mass is 478 g/mol. The summed E-state index contributed by atoms with van der Waals surface area (Å²) in [6.45, 7) is 4.89. The lowest BCUT2D eigenvalue weighted by Crippen LogP contribution is -2.49. The van der Waals surface area contributed by atoms with Gasteiger partial charge in [0.1, 0.15) is 17.8 Å². The molecule has 8 heteroatoms. The number of nitrogens with one attached hydrogen (secondary N) is 3. The number of pyridine rings is 1. The molecule has 1 heterocycles. The Kier molecular flexibility index (Phi) is 5.93. The summed E-state index contributed by atoms with van der Waals surface area (Å²) in [6, 6.07) is 9.97. The molecule has 0 aliphatic heterocycles. The molecule has 0 saturated heterocycles. The maximum absolute atomic E-state index is 13.0. The fraction of sp³-hybridized carbons (Fsp3) is 0.556. The van der Waals surface area contributed by atoms with Crippen molar-refractivity contribution in [3.8, 4) is 0 Å². The van der Waals surface area contributed by atoms with Gasteiger partial charge in [0.2, 0.25) is 0 Å². The van der Waals surface area contributed by atoms with Crippen molar-refractivity contribution in [2.75, 3.05) is 6.54 Å². The number of carbonyl (C=O) groups excluding carboxylic acids is 3. The maximum atomic E-state index is 13.0. The summed E-state index contributed by atoms with van der Waals surface area (Å²) in [4.78, 5) is 41.5. The molecule has 35 heavy (non-hydrogen) atoms. The minimum absolute atomic E-state index is 0.104. The molecule has 1 aromatic heterocycles. The zero-order chi connectivity index (χ0) is 24.8. The normalized spacial score (nSPS) is 26.9. The second-order valence-corrected chi connectivity index (χ2v) is 11.6. The lowest BCUT2D eigenvalue weighted by atomic mass is 9.48. The van der Waals surface area contributed by atoms with Gasteiger partial charge in [0, 0.05) is 5.39 Å². The number of amides is 3. The maximum Gasteiger partial charge on any atom is 0.408 e. The van der Waals surface area contributed by atoms with E-state index in [2.05, 4.69) is 27.2 Å². The summed E-state index contributed by atoms with van der Waals surface area (Å²) in [5.74, 6) is 1.30. The summed E-state index contributed by atoms with van der Waals surface area (Å²) >= 11 is 0. The van der Waals surface area contributed by atoms with Crippen LogP contribution in [0.25, 0.3) is 10.9 Å². The van der Waals surface area contributed by atoms with Gasteiger partial charge in [-0.2, -0.15) is 0 Å². The zero-order valence-corrected chi connectivity index (χ0v) is 20.6. The molecule has 0 atom stereocenters. The number of hydrazine groups is 1. The lowest BCUT2D eigenvalue weighted by molar-refractivity contribution is -0.121. The molecule has 2 aromatic rings. The van der Waals surface area contributed by atoms with Crippen molar-refractivity contribution in [1.82, 2.24) is 21.2 Å². The van der Waals surface area contributed by atoms with Crippen LogP contribution in [-0.4, -0.2) is 35.0 Å². The fourth-order valence-electron chi connectivity index (χ4n) is 6.87. The van der Waals surface area contributed by atoms with Gasteiger partial charge in [-0.25, -0.2) is 9.78 Å². The van der Waals surface area contributed by atoms with E-state index >= 15 is 0 Å². The molecule has 0 unspecified atom stereocenters. The van der Waals surface area contributed by atoms with Crippen LogP contribution < -0.4 is 16.2 Å². The number of aromatic nitrogens is 1. The van der Waals surface area contributed by atoms with E-state index in [-0.39, 0.29) is 17.7 Å². The molecule has 3 amide bonds. The Morgan fingerprint density at radius 3 is 2.26 bits per heavy atom. The van der Waals surface area contributed by atoms with Crippen LogP contribution >= 0.6 is 0 Å². The SMILES string of the molecule is CC(C)(C)OC(=O)NCC(=O)NNC(=O)c1cc(C23CC4CC(CC(C4)C2)C3)c2ccccc2n1. The predicted molar refractivity (Wildman–Crippen MR) is 131 cm³/mol. The number of fused-ring (bicyclic) bond motifs is 1. The molecule has 4 fully saturated rings.